The quantitative estimate of drug-likeness (QED) is 0.732. The largest absolute Gasteiger partial charge is 0.369 e. The average Bonchev–Trinajstić information content (AvgIpc) is 2.69. The first-order valence-electron chi connectivity index (χ1n) is 10.4. The van der Waals surface area contributed by atoms with E-state index in [1.54, 1.807) is 0 Å². The van der Waals surface area contributed by atoms with Gasteiger partial charge in [0.15, 0.2) is 0 Å². The van der Waals surface area contributed by atoms with Gasteiger partial charge in [-0.05, 0) is 40.2 Å². The van der Waals surface area contributed by atoms with E-state index in [1.165, 1.54) is 37.4 Å². The van der Waals surface area contributed by atoms with Crippen LogP contribution in [0.5, 0.6) is 0 Å². The highest BCUT2D eigenvalue weighted by molar-refractivity contribution is 5.47. The summed E-state index contributed by atoms with van der Waals surface area (Å²) >= 11 is 0. The van der Waals surface area contributed by atoms with Crippen LogP contribution in [0.4, 0.5) is 5.69 Å². The summed E-state index contributed by atoms with van der Waals surface area (Å²) in [6.07, 6.45) is 0. The van der Waals surface area contributed by atoms with E-state index < -0.39 is 0 Å². The number of hydrogen-bond donors (Lipinski definition) is 0. The fourth-order valence-corrected chi connectivity index (χ4v) is 2.78. The highest BCUT2D eigenvalue weighted by Gasteiger charge is 2.17. The third-order valence-corrected chi connectivity index (χ3v) is 4.50. The molecule has 0 N–H and O–H groups in total. The monoisotopic (exact) mass is 364 g/mol. The lowest BCUT2D eigenvalue weighted by Crippen LogP contribution is -2.48. The van der Waals surface area contributed by atoms with Crippen molar-refractivity contribution in [2.24, 2.45) is 0 Å². The van der Waals surface area contributed by atoms with Crippen LogP contribution in [-0.4, -0.2) is 88.2 Å². The molecule has 4 nitrogen and oxygen atoms in total. The fraction of sp³-hybridized carbons (Fsp3) is 0.727. The Morgan fingerprint density at radius 1 is 0.769 bits per heavy atom. The second-order valence-corrected chi connectivity index (χ2v) is 6.77. The molecule has 0 unspecified atom stereocenters. The number of rotatable bonds is 7. The molecule has 0 aliphatic carbocycles. The molecular formula is C22H44N4. The summed E-state index contributed by atoms with van der Waals surface area (Å²) in [5, 5.41) is 0. The maximum Gasteiger partial charge on any atom is 0.0367 e. The molecule has 1 aromatic rings. The van der Waals surface area contributed by atoms with Gasteiger partial charge in [0.25, 0.3) is 0 Å². The van der Waals surface area contributed by atoms with E-state index in [1.807, 2.05) is 27.7 Å². The minimum Gasteiger partial charge on any atom is -0.369 e. The summed E-state index contributed by atoms with van der Waals surface area (Å²) in [5.41, 5.74) is 2.71. The molecule has 1 fully saturated rings. The van der Waals surface area contributed by atoms with Crippen LogP contribution in [-0.2, 0) is 0 Å². The van der Waals surface area contributed by atoms with Crippen molar-refractivity contribution in [1.29, 1.82) is 0 Å². The maximum atomic E-state index is 2.59. The van der Waals surface area contributed by atoms with Crippen molar-refractivity contribution in [1.82, 2.24) is 14.7 Å². The number of nitrogens with zero attached hydrogens (tertiary/aromatic N) is 4. The minimum atomic E-state index is 1.14. The number of likely N-dealkylation sites (N-methyl/N-ethyl adjacent to an activating group) is 2. The van der Waals surface area contributed by atoms with E-state index in [0.29, 0.717) is 0 Å². The predicted molar refractivity (Wildman–Crippen MR) is 119 cm³/mol. The molecule has 26 heavy (non-hydrogen) atoms. The molecule has 0 saturated carbocycles. The SMILES string of the molecule is CC.CC.Cc1ccc(N2CCN(CCN(C)CCN(C)C)CC2)cc1. The standard InChI is InChI=1S/C18H32N4.2C2H6/c1-17-5-7-18(8-6-17)22-15-13-21(14-16-22)12-11-20(4)10-9-19(2)3;2*1-2/h5-8H,9-16H2,1-4H3;2*1-2H3. The lowest BCUT2D eigenvalue weighted by molar-refractivity contribution is 0.206. The molecule has 0 bridgehead atoms. The normalized spacial score (nSPS) is 14.6. The molecule has 1 saturated heterocycles. The average molecular weight is 365 g/mol. The molecule has 152 valence electrons. The first-order valence-corrected chi connectivity index (χ1v) is 10.4. The van der Waals surface area contributed by atoms with Gasteiger partial charge < -0.3 is 14.7 Å². The zero-order valence-electron chi connectivity index (χ0n) is 18.8. The summed E-state index contributed by atoms with van der Waals surface area (Å²) in [5.74, 6) is 0. The molecule has 0 amide bonds. The van der Waals surface area contributed by atoms with Crippen molar-refractivity contribution in [3.63, 3.8) is 0 Å². The van der Waals surface area contributed by atoms with Gasteiger partial charge in [-0.25, -0.2) is 0 Å². The molecule has 1 aromatic carbocycles. The van der Waals surface area contributed by atoms with Crippen LogP contribution in [0.3, 0.4) is 0 Å². The van der Waals surface area contributed by atoms with E-state index in [0.717, 1.165) is 26.2 Å². The van der Waals surface area contributed by atoms with Crippen LogP contribution in [0.2, 0.25) is 0 Å². The number of hydrogen-bond acceptors (Lipinski definition) is 4. The summed E-state index contributed by atoms with van der Waals surface area (Å²) in [7, 11) is 6.50. The van der Waals surface area contributed by atoms with Gasteiger partial charge in [0.05, 0.1) is 0 Å². The Morgan fingerprint density at radius 2 is 1.31 bits per heavy atom. The van der Waals surface area contributed by atoms with Gasteiger partial charge in [-0.1, -0.05) is 45.4 Å². The zero-order chi connectivity index (χ0) is 19.9. The predicted octanol–water partition coefficient (Wildman–Crippen LogP) is 3.66. The third-order valence-electron chi connectivity index (χ3n) is 4.50. The third kappa shape index (κ3) is 10.1. The van der Waals surface area contributed by atoms with E-state index >= 15 is 0 Å². The van der Waals surface area contributed by atoms with Crippen LogP contribution < -0.4 is 4.90 Å². The first kappa shape index (κ1) is 24.9. The smallest absolute Gasteiger partial charge is 0.0367 e. The van der Waals surface area contributed by atoms with Crippen LogP contribution >= 0.6 is 0 Å². The first-order chi connectivity index (χ1) is 12.5. The number of piperazine rings is 1. The molecule has 1 heterocycles. The Bertz CT molecular complexity index is 422. The number of benzene rings is 1. The Hall–Kier alpha value is -1.10. The fourth-order valence-electron chi connectivity index (χ4n) is 2.78. The van der Waals surface area contributed by atoms with Crippen LogP contribution in [0, 0.1) is 6.92 Å². The molecule has 4 heteroatoms. The van der Waals surface area contributed by atoms with Crippen molar-refractivity contribution in [3.05, 3.63) is 29.8 Å². The van der Waals surface area contributed by atoms with Crippen molar-refractivity contribution >= 4 is 5.69 Å². The summed E-state index contributed by atoms with van der Waals surface area (Å²) in [6, 6.07) is 8.92. The van der Waals surface area contributed by atoms with E-state index in [4.69, 9.17) is 0 Å². The molecule has 0 spiro atoms. The van der Waals surface area contributed by atoms with Gasteiger partial charge in [-0.2, -0.15) is 0 Å². The summed E-state index contributed by atoms with van der Waals surface area (Å²) in [4.78, 5) is 9.78. The van der Waals surface area contributed by atoms with E-state index in [9.17, 15) is 0 Å². The summed E-state index contributed by atoms with van der Waals surface area (Å²) < 4.78 is 0. The topological polar surface area (TPSA) is 13.0 Å². The lowest BCUT2D eigenvalue weighted by Gasteiger charge is -2.36. The van der Waals surface area contributed by atoms with Crippen molar-refractivity contribution in [2.75, 3.05) is 78.4 Å². The van der Waals surface area contributed by atoms with Gasteiger partial charge >= 0.3 is 0 Å². The van der Waals surface area contributed by atoms with Crippen molar-refractivity contribution in [2.45, 2.75) is 34.6 Å². The maximum absolute atomic E-state index is 2.59. The van der Waals surface area contributed by atoms with Gasteiger partial charge in [-0.15, -0.1) is 0 Å². The Morgan fingerprint density at radius 3 is 1.81 bits per heavy atom. The number of aryl methyl sites for hydroxylation is 1. The molecule has 2 rings (SSSR count). The second kappa shape index (κ2) is 15.0. The van der Waals surface area contributed by atoms with Crippen LogP contribution in [0.1, 0.15) is 33.3 Å². The molecule has 0 aromatic heterocycles. The zero-order valence-corrected chi connectivity index (χ0v) is 18.8. The second-order valence-electron chi connectivity index (χ2n) is 6.77. The molecule has 1 aliphatic heterocycles. The van der Waals surface area contributed by atoms with Crippen molar-refractivity contribution < 1.29 is 0 Å². The van der Waals surface area contributed by atoms with Crippen LogP contribution in [0.25, 0.3) is 0 Å². The highest BCUT2D eigenvalue weighted by atomic mass is 15.3. The van der Waals surface area contributed by atoms with E-state index in [2.05, 4.69) is 71.9 Å². The van der Waals surface area contributed by atoms with Gasteiger partial charge in [-0.3, -0.25) is 4.90 Å². The summed E-state index contributed by atoms with van der Waals surface area (Å²) in [6.45, 7) is 19.4. The molecular weight excluding hydrogens is 320 g/mol. The number of anilines is 1. The van der Waals surface area contributed by atoms with Crippen LogP contribution in [0.15, 0.2) is 24.3 Å². The molecule has 0 radical (unpaired) electrons. The minimum absolute atomic E-state index is 1.14. The Labute approximate surface area is 163 Å². The Kier molecular flexibility index (Phi) is 14.4. The van der Waals surface area contributed by atoms with Gasteiger partial charge in [0, 0.05) is 58.0 Å². The molecule has 1 aliphatic rings. The van der Waals surface area contributed by atoms with E-state index in [-0.39, 0.29) is 0 Å². The van der Waals surface area contributed by atoms with Gasteiger partial charge in [0.2, 0.25) is 0 Å². The molecule has 0 atom stereocenters. The van der Waals surface area contributed by atoms with Crippen molar-refractivity contribution in [3.8, 4) is 0 Å². The van der Waals surface area contributed by atoms with Gasteiger partial charge in [0.1, 0.15) is 0 Å². The Balaban J connectivity index is 0.00000146. The lowest BCUT2D eigenvalue weighted by atomic mass is 10.2. The highest BCUT2D eigenvalue weighted by Crippen LogP contribution is 2.16.